The fourth-order valence-corrected chi connectivity index (χ4v) is 6.48. The number of halogens is 2. The Morgan fingerprint density at radius 3 is 2.39 bits per heavy atom. The summed E-state index contributed by atoms with van der Waals surface area (Å²) >= 11 is 10.9. The smallest absolute Gasteiger partial charge is 0.266 e. The predicted molar refractivity (Wildman–Crippen MR) is 164 cm³/mol. The van der Waals surface area contributed by atoms with Crippen LogP contribution in [-0.2, 0) is 28.0 Å². The molecule has 1 N–H and O–H groups in total. The number of methoxy groups -OCH3 is 2. The second-order valence-corrected chi connectivity index (χ2v) is 11.5. The van der Waals surface area contributed by atoms with Crippen molar-refractivity contribution in [1.29, 1.82) is 0 Å². The van der Waals surface area contributed by atoms with E-state index in [0.717, 1.165) is 11.1 Å². The Balaban J connectivity index is 1.65. The van der Waals surface area contributed by atoms with Crippen LogP contribution in [0.5, 0.6) is 11.5 Å². The lowest BCUT2D eigenvalue weighted by Gasteiger charge is -2.29. The number of benzene rings is 4. The van der Waals surface area contributed by atoms with E-state index in [9.17, 15) is 13.6 Å². The van der Waals surface area contributed by atoms with Crippen LogP contribution in [0.2, 0.25) is 10.0 Å². The number of hydrogen-bond donors (Lipinski definition) is 1. The van der Waals surface area contributed by atoms with Crippen molar-refractivity contribution < 1.29 is 23.0 Å². The molecule has 7 nitrogen and oxygen atoms in total. The highest BCUT2D eigenvalue weighted by Gasteiger charge is 2.50. The third-order valence-corrected chi connectivity index (χ3v) is 8.78. The van der Waals surface area contributed by atoms with Crippen molar-refractivity contribution in [3.8, 4) is 11.5 Å². The van der Waals surface area contributed by atoms with Crippen LogP contribution in [0.4, 0.5) is 17.1 Å². The Morgan fingerprint density at radius 1 is 0.951 bits per heavy atom. The number of aryl methyl sites for hydroxylation is 1. The summed E-state index contributed by atoms with van der Waals surface area (Å²) in [4.78, 5) is 16.1. The van der Waals surface area contributed by atoms with Crippen molar-refractivity contribution in [2.75, 3.05) is 23.4 Å². The summed E-state index contributed by atoms with van der Waals surface area (Å²) in [7, 11) is 3.15. The molecule has 5 rings (SSSR count). The van der Waals surface area contributed by atoms with E-state index in [1.54, 1.807) is 74.6 Å². The monoisotopic (exact) mass is 610 g/mol. The van der Waals surface area contributed by atoms with Gasteiger partial charge in [-0.1, -0.05) is 41.4 Å². The van der Waals surface area contributed by atoms with Gasteiger partial charge in [0.05, 0.1) is 32.1 Å². The number of fused-ring (bicyclic) bond motifs is 1. The first-order chi connectivity index (χ1) is 19.6. The van der Waals surface area contributed by atoms with Gasteiger partial charge in [-0.05, 0) is 85.1 Å². The molecule has 1 aliphatic rings. The largest absolute Gasteiger partial charge is 0.497 e. The number of carbonyl (C=O) groups excluding carboxylic acids is 1. The highest BCUT2D eigenvalue weighted by molar-refractivity contribution is 7.81. The number of nitrogens with zero attached hydrogens (tertiary/aromatic N) is 2. The van der Waals surface area contributed by atoms with Gasteiger partial charge in [-0.15, -0.1) is 0 Å². The number of ether oxygens (including phenoxy) is 2. The SMILES string of the molecule is COc1ccc(CN2C(=O)C(C)(c3cc(N(c4ccccc4C)S(=O)O)ccc3Cl)c3cc(Cl)ccc32)c(OC)c1. The first-order valence-electron chi connectivity index (χ1n) is 12.7. The zero-order valence-electron chi connectivity index (χ0n) is 22.9. The summed E-state index contributed by atoms with van der Waals surface area (Å²) in [5.74, 6) is 0.998. The van der Waals surface area contributed by atoms with Crippen LogP contribution in [0.3, 0.4) is 0 Å². The molecule has 0 spiro atoms. The van der Waals surface area contributed by atoms with Crippen molar-refractivity contribution in [3.05, 3.63) is 111 Å². The number of carbonyl (C=O) groups is 1. The lowest BCUT2D eigenvalue weighted by atomic mass is 9.77. The molecule has 10 heteroatoms. The average Bonchev–Trinajstić information content (AvgIpc) is 3.16. The zero-order valence-corrected chi connectivity index (χ0v) is 25.2. The standard InChI is InChI=1S/C31H28Cl2N2O5S/c1-19-7-5-6-8-27(19)35(41(37)38)22-11-13-26(33)24(16-22)31(2)25-15-21(32)10-14-28(25)34(30(31)36)18-20-9-12-23(39-3)17-29(20)40-4/h5-17H,18H2,1-4H3,(H,37,38). The van der Waals surface area contributed by atoms with Crippen LogP contribution in [-0.4, -0.2) is 28.9 Å². The lowest BCUT2D eigenvalue weighted by Crippen LogP contribution is -2.39. The van der Waals surface area contributed by atoms with Gasteiger partial charge in [-0.25, -0.2) is 8.51 Å². The fourth-order valence-electron chi connectivity index (χ4n) is 5.34. The third-order valence-electron chi connectivity index (χ3n) is 7.50. The number of para-hydroxylation sites is 1. The van der Waals surface area contributed by atoms with E-state index < -0.39 is 16.7 Å². The Bertz CT molecular complexity index is 1680. The first-order valence-corrected chi connectivity index (χ1v) is 14.5. The van der Waals surface area contributed by atoms with E-state index in [0.29, 0.717) is 49.7 Å². The van der Waals surface area contributed by atoms with Crippen LogP contribution in [0.25, 0.3) is 0 Å². The highest BCUT2D eigenvalue weighted by Crippen LogP contribution is 2.50. The minimum Gasteiger partial charge on any atom is -0.497 e. The Labute approximate surface area is 251 Å². The van der Waals surface area contributed by atoms with Crippen molar-refractivity contribution >= 4 is 57.4 Å². The van der Waals surface area contributed by atoms with E-state index >= 15 is 0 Å². The molecule has 0 bridgehead atoms. The molecule has 0 radical (unpaired) electrons. The molecule has 4 aromatic rings. The van der Waals surface area contributed by atoms with Gasteiger partial charge < -0.3 is 14.4 Å². The molecule has 4 aromatic carbocycles. The van der Waals surface area contributed by atoms with Gasteiger partial charge >= 0.3 is 0 Å². The summed E-state index contributed by atoms with van der Waals surface area (Å²) in [6, 6.07) is 23.0. The zero-order chi connectivity index (χ0) is 29.5. The molecule has 212 valence electrons. The number of rotatable bonds is 8. The van der Waals surface area contributed by atoms with E-state index in [2.05, 4.69) is 0 Å². The maximum atomic E-state index is 14.5. The van der Waals surface area contributed by atoms with Crippen LogP contribution >= 0.6 is 23.2 Å². The molecule has 2 atom stereocenters. The van der Waals surface area contributed by atoms with Gasteiger partial charge in [0, 0.05) is 27.4 Å². The minimum atomic E-state index is -2.39. The first kappa shape index (κ1) is 29.0. The van der Waals surface area contributed by atoms with Crippen LogP contribution in [0, 0.1) is 6.92 Å². The Kier molecular flexibility index (Phi) is 8.03. The second-order valence-electron chi connectivity index (χ2n) is 9.83. The number of anilines is 3. The maximum absolute atomic E-state index is 14.5. The molecule has 0 saturated heterocycles. The fraction of sp³-hybridized carbons (Fsp3) is 0.194. The quantitative estimate of drug-likeness (QED) is 0.210. The minimum absolute atomic E-state index is 0.223. The van der Waals surface area contributed by atoms with Crippen LogP contribution < -0.4 is 18.7 Å². The summed E-state index contributed by atoms with van der Waals surface area (Å²) in [5, 5.41) is 0.810. The Morgan fingerprint density at radius 2 is 1.71 bits per heavy atom. The molecular weight excluding hydrogens is 583 g/mol. The summed E-state index contributed by atoms with van der Waals surface area (Å²) < 4.78 is 35.2. The van der Waals surface area contributed by atoms with Gasteiger partial charge in [-0.3, -0.25) is 9.35 Å². The van der Waals surface area contributed by atoms with Crippen molar-refractivity contribution in [2.24, 2.45) is 0 Å². The molecule has 41 heavy (non-hydrogen) atoms. The molecule has 0 aromatic heterocycles. The average molecular weight is 612 g/mol. The van der Waals surface area contributed by atoms with E-state index in [-0.39, 0.29) is 12.5 Å². The van der Waals surface area contributed by atoms with E-state index in [4.69, 9.17) is 32.7 Å². The number of hydrogen-bond acceptors (Lipinski definition) is 4. The van der Waals surface area contributed by atoms with Crippen LogP contribution in [0.15, 0.2) is 78.9 Å². The van der Waals surface area contributed by atoms with Gasteiger partial charge in [0.15, 0.2) is 0 Å². The molecule has 1 aliphatic heterocycles. The maximum Gasteiger partial charge on any atom is 0.266 e. The molecule has 0 aliphatic carbocycles. The highest BCUT2D eigenvalue weighted by atomic mass is 35.5. The summed E-state index contributed by atoms with van der Waals surface area (Å²) in [6.45, 7) is 3.88. The number of amides is 1. The summed E-state index contributed by atoms with van der Waals surface area (Å²) in [6.07, 6.45) is 0. The van der Waals surface area contributed by atoms with E-state index in [1.165, 1.54) is 4.31 Å². The third kappa shape index (κ3) is 5.06. The topological polar surface area (TPSA) is 79.3 Å². The molecule has 2 unspecified atom stereocenters. The predicted octanol–water partition coefficient (Wildman–Crippen LogP) is 7.45. The van der Waals surface area contributed by atoms with Crippen molar-refractivity contribution in [2.45, 2.75) is 25.8 Å². The van der Waals surface area contributed by atoms with Crippen molar-refractivity contribution in [1.82, 2.24) is 0 Å². The summed E-state index contributed by atoms with van der Waals surface area (Å²) in [5.41, 5.74) is 3.16. The van der Waals surface area contributed by atoms with E-state index in [1.807, 2.05) is 37.3 Å². The van der Waals surface area contributed by atoms with Crippen molar-refractivity contribution in [3.63, 3.8) is 0 Å². The normalized spacial score (nSPS) is 16.9. The van der Waals surface area contributed by atoms with Gasteiger partial charge in [0.1, 0.15) is 16.9 Å². The van der Waals surface area contributed by atoms with Crippen LogP contribution in [0.1, 0.15) is 29.2 Å². The molecule has 1 heterocycles. The molecule has 1 amide bonds. The van der Waals surface area contributed by atoms with Gasteiger partial charge in [0.2, 0.25) is 5.91 Å². The lowest BCUT2D eigenvalue weighted by molar-refractivity contribution is -0.121. The van der Waals surface area contributed by atoms with Gasteiger partial charge in [0.25, 0.3) is 11.3 Å². The molecular formula is C31H28Cl2N2O5S. The second kappa shape index (κ2) is 11.4. The Hall–Kier alpha value is -3.56. The van der Waals surface area contributed by atoms with Gasteiger partial charge in [-0.2, -0.15) is 0 Å². The molecule has 0 fully saturated rings. The molecule has 0 saturated carbocycles.